The van der Waals surface area contributed by atoms with E-state index in [1.807, 2.05) is 36.4 Å². The highest BCUT2D eigenvalue weighted by Gasteiger charge is 2.29. The van der Waals surface area contributed by atoms with Gasteiger partial charge >= 0.3 is 0 Å². The SMILES string of the molecule is COc1nc(-c2cccc(-c3cccc(-c4cnc(CNCC5CCC(C(N)=O)O5)c(OC)n4)c3Cl)c2Cl)cnc1CCC[C@@H]1CCC(=O)N1. The van der Waals surface area contributed by atoms with Crippen LogP contribution in [-0.2, 0) is 27.3 Å². The van der Waals surface area contributed by atoms with Crippen LogP contribution in [0.3, 0.4) is 0 Å². The molecule has 0 spiro atoms. The van der Waals surface area contributed by atoms with Crippen molar-refractivity contribution in [1.82, 2.24) is 30.6 Å². The second-order valence-corrected chi connectivity index (χ2v) is 13.1. The molecular formula is C36H39Cl2N7O5. The maximum Gasteiger partial charge on any atom is 0.246 e. The largest absolute Gasteiger partial charge is 0.480 e. The van der Waals surface area contributed by atoms with Crippen LogP contribution in [0.1, 0.15) is 49.9 Å². The number of nitrogens with zero attached hydrogens (tertiary/aromatic N) is 4. The van der Waals surface area contributed by atoms with Crippen molar-refractivity contribution in [1.29, 1.82) is 0 Å². The summed E-state index contributed by atoms with van der Waals surface area (Å²) in [6.07, 6.45) is 7.97. The number of rotatable bonds is 14. The van der Waals surface area contributed by atoms with E-state index >= 15 is 0 Å². The fraction of sp³-hybridized carbons (Fsp3) is 0.389. The number of methoxy groups -OCH3 is 2. The fourth-order valence-corrected chi connectivity index (χ4v) is 7.02. The third kappa shape index (κ3) is 7.99. The van der Waals surface area contributed by atoms with E-state index in [0.29, 0.717) is 93.5 Å². The Hall–Kier alpha value is -4.36. The first kappa shape index (κ1) is 35.5. The van der Waals surface area contributed by atoms with E-state index in [-0.39, 0.29) is 18.1 Å². The van der Waals surface area contributed by atoms with Gasteiger partial charge in [0.25, 0.3) is 0 Å². The van der Waals surface area contributed by atoms with Crippen LogP contribution in [0.4, 0.5) is 0 Å². The lowest BCUT2D eigenvalue weighted by atomic mass is 9.98. The van der Waals surface area contributed by atoms with Crippen LogP contribution in [0.5, 0.6) is 11.8 Å². The third-order valence-electron chi connectivity index (χ3n) is 8.99. The highest BCUT2D eigenvalue weighted by molar-refractivity contribution is 6.39. The van der Waals surface area contributed by atoms with Gasteiger partial charge in [0, 0.05) is 47.8 Å². The van der Waals surface area contributed by atoms with Crippen LogP contribution < -0.4 is 25.8 Å². The van der Waals surface area contributed by atoms with Crippen LogP contribution in [0.2, 0.25) is 10.0 Å². The van der Waals surface area contributed by atoms with Crippen LogP contribution >= 0.6 is 23.2 Å². The van der Waals surface area contributed by atoms with Gasteiger partial charge in [0.1, 0.15) is 17.5 Å². The molecule has 0 aliphatic carbocycles. The quantitative estimate of drug-likeness (QED) is 0.156. The second-order valence-electron chi connectivity index (χ2n) is 12.3. The Kier molecular flexibility index (Phi) is 11.4. The zero-order valence-electron chi connectivity index (χ0n) is 27.9. The van der Waals surface area contributed by atoms with Gasteiger partial charge in [0.15, 0.2) is 0 Å². The summed E-state index contributed by atoms with van der Waals surface area (Å²) >= 11 is 14.1. The molecule has 0 bridgehead atoms. The number of amides is 2. The summed E-state index contributed by atoms with van der Waals surface area (Å²) in [6.45, 7) is 0.928. The monoisotopic (exact) mass is 719 g/mol. The molecule has 2 unspecified atom stereocenters. The molecule has 2 fully saturated rings. The van der Waals surface area contributed by atoms with Crippen molar-refractivity contribution in [3.63, 3.8) is 0 Å². The average Bonchev–Trinajstić information content (AvgIpc) is 3.78. The first-order valence-corrected chi connectivity index (χ1v) is 17.3. The molecule has 262 valence electrons. The first-order valence-electron chi connectivity index (χ1n) is 16.6. The van der Waals surface area contributed by atoms with Crippen LogP contribution in [0, 0.1) is 0 Å². The number of carbonyl (C=O) groups is 2. The van der Waals surface area contributed by atoms with Crippen molar-refractivity contribution in [3.05, 3.63) is 70.2 Å². The van der Waals surface area contributed by atoms with Gasteiger partial charge in [-0.2, -0.15) is 0 Å². The number of benzene rings is 2. The van der Waals surface area contributed by atoms with E-state index in [2.05, 4.69) is 20.6 Å². The summed E-state index contributed by atoms with van der Waals surface area (Å²) in [4.78, 5) is 41.7. The summed E-state index contributed by atoms with van der Waals surface area (Å²) in [5.41, 5.74) is 10.6. The number of aromatic nitrogens is 4. The number of carbonyl (C=O) groups excluding carboxylic acids is 2. The van der Waals surface area contributed by atoms with Gasteiger partial charge in [-0.3, -0.25) is 19.6 Å². The van der Waals surface area contributed by atoms with E-state index in [0.717, 1.165) is 31.4 Å². The summed E-state index contributed by atoms with van der Waals surface area (Å²) in [5, 5.41) is 7.23. The van der Waals surface area contributed by atoms with E-state index in [1.165, 1.54) is 0 Å². The maximum atomic E-state index is 11.5. The minimum atomic E-state index is -0.535. The number of nitrogens with two attached hydrogens (primary N) is 1. The molecule has 2 saturated heterocycles. The Morgan fingerprint density at radius 1 is 0.920 bits per heavy atom. The molecule has 0 radical (unpaired) electrons. The molecule has 2 aliphatic rings. The number of ether oxygens (including phenoxy) is 3. The highest BCUT2D eigenvalue weighted by Crippen LogP contribution is 2.42. The molecule has 2 aliphatic heterocycles. The molecule has 4 N–H and O–H groups in total. The number of hydrogen-bond donors (Lipinski definition) is 3. The summed E-state index contributed by atoms with van der Waals surface area (Å²) in [5.74, 6) is 0.480. The molecular weight excluding hydrogens is 681 g/mol. The standard InChI is InChI=1S/C36H39Cl2N7O5/c1-48-35-26(11-3-6-20-12-15-31(46)43-20)41-18-27(44-35)24-9-4-7-22(32(24)37)23-8-5-10-25(33(23)38)28-19-42-29(36(45-28)49-2)17-40-16-21-13-14-30(50-21)34(39)47/h4-5,7-10,18-21,30,40H,3,6,11-17H2,1-2H3,(H2,39,47)(H,43,46)/t20-,21?,30?/m1/s1. The molecule has 3 atom stereocenters. The van der Waals surface area contributed by atoms with Crippen LogP contribution in [-0.4, -0.2) is 70.8 Å². The lowest BCUT2D eigenvalue weighted by Crippen LogP contribution is -2.32. The zero-order valence-corrected chi connectivity index (χ0v) is 29.4. The van der Waals surface area contributed by atoms with Crippen molar-refractivity contribution >= 4 is 35.0 Å². The van der Waals surface area contributed by atoms with Crippen molar-refractivity contribution in [2.45, 2.75) is 69.7 Å². The topological polar surface area (TPSA) is 163 Å². The number of hydrogen-bond acceptors (Lipinski definition) is 10. The zero-order chi connectivity index (χ0) is 35.2. The molecule has 50 heavy (non-hydrogen) atoms. The Bertz CT molecular complexity index is 1880. The van der Waals surface area contributed by atoms with Crippen molar-refractivity contribution in [2.24, 2.45) is 5.73 Å². The first-order chi connectivity index (χ1) is 24.2. The van der Waals surface area contributed by atoms with E-state index in [4.69, 9.17) is 53.1 Å². The molecule has 12 nitrogen and oxygen atoms in total. The van der Waals surface area contributed by atoms with E-state index < -0.39 is 12.0 Å². The third-order valence-corrected chi connectivity index (χ3v) is 9.80. The fourth-order valence-electron chi connectivity index (χ4n) is 6.38. The van der Waals surface area contributed by atoms with Gasteiger partial charge in [0.05, 0.1) is 54.2 Å². The predicted octanol–water partition coefficient (Wildman–Crippen LogP) is 5.32. The van der Waals surface area contributed by atoms with Gasteiger partial charge in [-0.1, -0.05) is 59.6 Å². The number of primary amides is 1. The van der Waals surface area contributed by atoms with Gasteiger partial charge in [-0.05, 0) is 38.5 Å². The summed E-state index contributed by atoms with van der Waals surface area (Å²) in [7, 11) is 3.12. The minimum Gasteiger partial charge on any atom is -0.480 e. The molecule has 0 saturated carbocycles. The molecule has 2 aromatic heterocycles. The van der Waals surface area contributed by atoms with E-state index in [1.54, 1.807) is 26.6 Å². The van der Waals surface area contributed by atoms with E-state index in [9.17, 15) is 9.59 Å². The predicted molar refractivity (Wildman–Crippen MR) is 190 cm³/mol. The Morgan fingerprint density at radius 2 is 1.52 bits per heavy atom. The van der Waals surface area contributed by atoms with Gasteiger partial charge in [0.2, 0.25) is 23.6 Å². The Morgan fingerprint density at radius 3 is 2.08 bits per heavy atom. The molecule has 4 heterocycles. The lowest BCUT2D eigenvalue weighted by molar-refractivity contribution is -0.128. The Balaban J connectivity index is 1.18. The number of nitrogens with one attached hydrogen (secondary N) is 2. The van der Waals surface area contributed by atoms with Crippen molar-refractivity contribution in [3.8, 4) is 45.4 Å². The Labute approximate surface area is 300 Å². The molecule has 2 amide bonds. The molecule has 14 heteroatoms. The average molecular weight is 721 g/mol. The normalized spacial score (nSPS) is 18.6. The smallest absolute Gasteiger partial charge is 0.246 e. The number of aryl methyl sites for hydroxylation is 1. The minimum absolute atomic E-state index is 0.102. The van der Waals surface area contributed by atoms with Crippen LogP contribution in [0.25, 0.3) is 33.6 Å². The number of halogens is 2. The van der Waals surface area contributed by atoms with Crippen molar-refractivity contribution < 1.29 is 23.8 Å². The van der Waals surface area contributed by atoms with Gasteiger partial charge in [-0.25, -0.2) is 9.97 Å². The molecule has 2 aromatic carbocycles. The molecule has 6 rings (SSSR count). The molecule has 4 aromatic rings. The highest BCUT2D eigenvalue weighted by atomic mass is 35.5. The summed E-state index contributed by atoms with van der Waals surface area (Å²) in [6, 6.07) is 11.5. The van der Waals surface area contributed by atoms with Gasteiger partial charge < -0.3 is 30.6 Å². The summed E-state index contributed by atoms with van der Waals surface area (Å²) < 4.78 is 16.9. The van der Waals surface area contributed by atoms with Crippen LogP contribution in [0.15, 0.2) is 48.8 Å². The van der Waals surface area contributed by atoms with Gasteiger partial charge in [-0.15, -0.1) is 0 Å². The maximum absolute atomic E-state index is 11.5. The van der Waals surface area contributed by atoms with Crippen molar-refractivity contribution in [2.75, 3.05) is 20.8 Å². The lowest BCUT2D eigenvalue weighted by Gasteiger charge is -2.15. The second kappa shape index (κ2) is 16.1.